The Hall–Kier alpha value is 7.25. The standard InChI is InChI=1S/3CH3.3K.4V/h3*1H3;;;;;;;/q3*-1;;;+1;;;;+2. The van der Waals surface area contributed by atoms with Crippen molar-refractivity contribution < 1.29 is 126 Å². The first-order chi connectivity index (χ1) is 0. The molecule has 0 aromatic heterocycles. The van der Waals surface area contributed by atoms with Crippen molar-refractivity contribution in [3.05, 3.63) is 22.3 Å². The van der Waals surface area contributed by atoms with Gasteiger partial charge in [0, 0.05) is 158 Å². The molecule has 0 spiro atoms. The van der Waals surface area contributed by atoms with Gasteiger partial charge in [0.2, 0.25) is 0 Å². The van der Waals surface area contributed by atoms with E-state index in [1.807, 2.05) is 0 Å². The molecule has 0 aliphatic heterocycles. The zero-order chi connectivity index (χ0) is 0. The summed E-state index contributed by atoms with van der Waals surface area (Å²) in [6, 6.07) is 0. The minimum atomic E-state index is 0. The van der Waals surface area contributed by atoms with Gasteiger partial charge < -0.3 is 22.3 Å². The third kappa shape index (κ3) is 58.9. The topological polar surface area (TPSA) is 0 Å². The second-order valence-electron chi connectivity index (χ2n) is 0. The number of hydrogen-bond donors (Lipinski definition) is 0. The van der Waals surface area contributed by atoms with Gasteiger partial charge in [0.15, 0.2) is 0 Å². The van der Waals surface area contributed by atoms with Crippen LogP contribution in [0.5, 0.6) is 0 Å². The molecule has 0 saturated carbocycles. The van der Waals surface area contributed by atoms with Gasteiger partial charge in [-0.1, -0.05) is 0 Å². The molecule has 0 aliphatic carbocycles. The molecule has 0 atom stereocenters. The van der Waals surface area contributed by atoms with Crippen LogP contribution in [0.1, 0.15) is 0 Å². The van der Waals surface area contributed by atoms with Crippen molar-refractivity contribution in [1.82, 2.24) is 0 Å². The van der Waals surface area contributed by atoms with Crippen LogP contribution in [-0.2, 0) is 74.2 Å². The molecule has 0 aliphatic rings. The average molecular weight is 366 g/mol. The zero-order valence-electron chi connectivity index (χ0n) is 7.79. The molecule has 0 aromatic carbocycles. The van der Waals surface area contributed by atoms with Crippen molar-refractivity contribution in [2.75, 3.05) is 0 Å². The van der Waals surface area contributed by atoms with E-state index in [4.69, 9.17) is 0 Å². The third-order valence-corrected chi connectivity index (χ3v) is 0. The molecule has 0 N–H and O–H groups in total. The SMILES string of the molecule is [CH3-].[CH3-].[CH3-].[K+].[K].[K].[V+2].[V].[V].[V]. The van der Waals surface area contributed by atoms with Crippen molar-refractivity contribution >= 4 is 103 Å². The number of rotatable bonds is 0. The summed E-state index contributed by atoms with van der Waals surface area (Å²) in [4.78, 5) is 0. The summed E-state index contributed by atoms with van der Waals surface area (Å²) < 4.78 is 0. The molecule has 44 valence electrons. The van der Waals surface area contributed by atoms with E-state index in [9.17, 15) is 0 Å². The minimum Gasteiger partial charge on any atom is -0.358 e. The predicted molar refractivity (Wildman–Crippen MR) is 30.7 cm³/mol. The van der Waals surface area contributed by atoms with Gasteiger partial charge in [0.25, 0.3) is 0 Å². The molecular weight excluding hydrogens is 357 g/mol. The van der Waals surface area contributed by atoms with Gasteiger partial charge in [-0.2, -0.15) is 0 Å². The summed E-state index contributed by atoms with van der Waals surface area (Å²) >= 11 is 0. The van der Waals surface area contributed by atoms with Crippen molar-refractivity contribution in [2.45, 2.75) is 0 Å². The molecule has 7 heteroatoms. The molecule has 0 heterocycles. The molecule has 0 bridgehead atoms. The van der Waals surface area contributed by atoms with E-state index < -0.39 is 0 Å². The summed E-state index contributed by atoms with van der Waals surface area (Å²) in [6.45, 7) is 0. The maximum atomic E-state index is 0. The Bertz CT molecular complexity index is 15.7. The molecule has 6 radical (unpaired) electrons. The van der Waals surface area contributed by atoms with Crippen LogP contribution >= 0.6 is 0 Å². The van der Waals surface area contributed by atoms with E-state index in [-0.39, 0.29) is 251 Å². The van der Waals surface area contributed by atoms with Gasteiger partial charge in [0.1, 0.15) is 0 Å². The number of hydrogen-bond acceptors (Lipinski definition) is 0. The molecule has 0 aromatic rings. The molecule has 0 rings (SSSR count). The van der Waals surface area contributed by atoms with E-state index in [2.05, 4.69) is 0 Å². The molecule has 0 fully saturated rings. The van der Waals surface area contributed by atoms with Crippen molar-refractivity contribution in [1.29, 1.82) is 0 Å². The van der Waals surface area contributed by atoms with Crippen molar-refractivity contribution in [3.63, 3.8) is 0 Å². The fourth-order valence-electron chi connectivity index (χ4n) is 0. The van der Waals surface area contributed by atoms with Gasteiger partial charge >= 0.3 is 69.9 Å². The van der Waals surface area contributed by atoms with Crippen molar-refractivity contribution in [3.8, 4) is 0 Å². The van der Waals surface area contributed by atoms with Gasteiger partial charge in [-0.05, 0) is 0 Å². The maximum absolute atomic E-state index is 0. The summed E-state index contributed by atoms with van der Waals surface area (Å²) in [7, 11) is 0. The molecule has 0 unspecified atom stereocenters. The summed E-state index contributed by atoms with van der Waals surface area (Å²) in [5, 5.41) is 0. The Morgan fingerprint density at radius 1 is 0.500 bits per heavy atom. The van der Waals surface area contributed by atoms with Crippen LogP contribution in [0.4, 0.5) is 0 Å². The van der Waals surface area contributed by atoms with E-state index in [1.54, 1.807) is 0 Å². The Morgan fingerprint density at radius 2 is 0.500 bits per heavy atom. The van der Waals surface area contributed by atoms with Crippen LogP contribution in [0.2, 0.25) is 0 Å². The van der Waals surface area contributed by atoms with E-state index in [0.29, 0.717) is 0 Å². The van der Waals surface area contributed by atoms with Gasteiger partial charge in [-0.15, -0.1) is 0 Å². The van der Waals surface area contributed by atoms with Crippen LogP contribution in [0.25, 0.3) is 0 Å². The third-order valence-electron chi connectivity index (χ3n) is 0. The predicted octanol–water partition coefficient (Wildman–Crippen LogP) is -2.42. The molecule has 0 saturated heterocycles. The van der Waals surface area contributed by atoms with E-state index in [1.165, 1.54) is 0 Å². The van der Waals surface area contributed by atoms with Gasteiger partial charge in [0.05, 0.1) is 0 Å². The minimum absolute atomic E-state index is 0. The monoisotopic (exact) mass is 366 g/mol. The van der Waals surface area contributed by atoms with Gasteiger partial charge in [-0.25, -0.2) is 0 Å². The molecule has 0 nitrogen and oxygen atoms in total. The van der Waals surface area contributed by atoms with E-state index >= 15 is 0 Å². The summed E-state index contributed by atoms with van der Waals surface area (Å²) in [6.07, 6.45) is 0. The van der Waals surface area contributed by atoms with E-state index in [0.717, 1.165) is 0 Å². The van der Waals surface area contributed by atoms with Crippen LogP contribution in [-0.4, -0.2) is 103 Å². The normalized spacial score (nSPS) is 0. The first kappa shape index (κ1) is 86.7. The molecule has 0 amide bonds. The largest absolute Gasteiger partial charge is 2.00 e. The van der Waals surface area contributed by atoms with Crippen molar-refractivity contribution in [2.24, 2.45) is 0 Å². The Kier molecular flexibility index (Phi) is 623. The Morgan fingerprint density at radius 3 is 0.500 bits per heavy atom. The van der Waals surface area contributed by atoms with Crippen LogP contribution in [0.15, 0.2) is 0 Å². The smallest absolute Gasteiger partial charge is 0.358 e. The molecular formula is C3H9K3V4. The Labute approximate surface area is 242 Å². The quantitative estimate of drug-likeness (QED) is 0.331. The maximum Gasteiger partial charge on any atom is 2.00 e. The Balaban J connectivity index is 0. The second kappa shape index (κ2) is 71.9. The van der Waals surface area contributed by atoms with Crippen LogP contribution in [0, 0.1) is 22.3 Å². The zero-order valence-corrected chi connectivity index (χ0v) is 22.7. The summed E-state index contributed by atoms with van der Waals surface area (Å²) in [5.74, 6) is 0. The second-order valence-corrected chi connectivity index (χ2v) is 0. The fourth-order valence-corrected chi connectivity index (χ4v) is 0. The summed E-state index contributed by atoms with van der Waals surface area (Å²) in [5.41, 5.74) is 0. The fraction of sp³-hybridized carbons (Fsp3) is 0. The first-order valence-electron chi connectivity index (χ1n) is 0. The first-order valence-corrected chi connectivity index (χ1v) is 0. The molecule has 10 heavy (non-hydrogen) atoms. The van der Waals surface area contributed by atoms with Gasteiger partial charge in [-0.3, -0.25) is 0 Å². The van der Waals surface area contributed by atoms with Crippen LogP contribution in [0.3, 0.4) is 0 Å². The van der Waals surface area contributed by atoms with Crippen LogP contribution < -0.4 is 51.4 Å². The average Bonchev–Trinajstić information content (AvgIpc) is 0.